The van der Waals surface area contributed by atoms with Crippen LogP contribution in [0.15, 0.2) is 24.3 Å². The van der Waals surface area contributed by atoms with Crippen molar-refractivity contribution in [3.8, 4) is 0 Å². The highest BCUT2D eigenvalue weighted by Gasteiger charge is 2.26. The molecule has 0 heterocycles. The lowest BCUT2D eigenvalue weighted by Gasteiger charge is -2.18. The number of amides is 1. The molecule has 0 atom stereocenters. The standard InChI is InChI=1S/C16H24N2O3S/c1-16(2,3)10-15(19)17-18-22(20,21)11-12-8-13-6-4-5-7-14(13)9-12/h4-7,12,18H,8-11H2,1-3H3,(H,17,19). The Bertz CT molecular complexity index is 623. The number of hydrogen-bond donors (Lipinski definition) is 2. The Labute approximate surface area is 132 Å². The number of carbonyl (C=O) groups is 1. The Morgan fingerprint density at radius 3 is 2.23 bits per heavy atom. The second-order valence-corrected chi connectivity index (χ2v) is 8.98. The van der Waals surface area contributed by atoms with Gasteiger partial charge in [-0.05, 0) is 35.3 Å². The lowest BCUT2D eigenvalue weighted by Crippen LogP contribution is -2.44. The van der Waals surface area contributed by atoms with Crippen LogP contribution in [-0.2, 0) is 27.7 Å². The summed E-state index contributed by atoms with van der Waals surface area (Å²) < 4.78 is 24.2. The van der Waals surface area contributed by atoms with Crippen LogP contribution in [0.5, 0.6) is 0 Å². The number of rotatable bonds is 5. The smallest absolute Gasteiger partial charge is 0.235 e. The number of fused-ring (bicyclic) bond motifs is 1. The summed E-state index contributed by atoms with van der Waals surface area (Å²) in [5.41, 5.74) is 4.56. The summed E-state index contributed by atoms with van der Waals surface area (Å²) in [6.07, 6.45) is 1.81. The van der Waals surface area contributed by atoms with E-state index in [1.54, 1.807) is 0 Å². The van der Waals surface area contributed by atoms with Gasteiger partial charge in [0.2, 0.25) is 15.9 Å². The van der Waals surface area contributed by atoms with Crippen molar-refractivity contribution < 1.29 is 13.2 Å². The maximum absolute atomic E-state index is 12.1. The van der Waals surface area contributed by atoms with Crippen LogP contribution >= 0.6 is 0 Å². The van der Waals surface area contributed by atoms with E-state index in [9.17, 15) is 13.2 Å². The Balaban J connectivity index is 1.84. The van der Waals surface area contributed by atoms with Crippen molar-refractivity contribution in [1.29, 1.82) is 0 Å². The van der Waals surface area contributed by atoms with E-state index in [1.807, 2.05) is 45.0 Å². The van der Waals surface area contributed by atoms with Crippen LogP contribution in [0, 0.1) is 11.3 Å². The second kappa shape index (κ2) is 6.38. The fraction of sp³-hybridized carbons (Fsp3) is 0.562. The molecule has 1 aliphatic rings. The summed E-state index contributed by atoms with van der Waals surface area (Å²) >= 11 is 0. The van der Waals surface area contributed by atoms with Crippen LogP contribution in [0.4, 0.5) is 0 Å². The lowest BCUT2D eigenvalue weighted by atomic mass is 9.92. The quantitative estimate of drug-likeness (QED) is 0.811. The van der Waals surface area contributed by atoms with Gasteiger partial charge < -0.3 is 0 Å². The van der Waals surface area contributed by atoms with E-state index in [-0.39, 0.29) is 29.4 Å². The number of nitrogens with one attached hydrogen (secondary N) is 2. The molecule has 0 spiro atoms. The monoisotopic (exact) mass is 324 g/mol. The van der Waals surface area contributed by atoms with Gasteiger partial charge in [0, 0.05) is 6.42 Å². The second-order valence-electron chi connectivity index (χ2n) is 7.21. The van der Waals surface area contributed by atoms with Crippen molar-refractivity contribution in [1.82, 2.24) is 10.3 Å². The lowest BCUT2D eigenvalue weighted by molar-refractivity contribution is -0.123. The molecule has 1 aromatic carbocycles. The molecule has 5 nitrogen and oxygen atoms in total. The van der Waals surface area contributed by atoms with Crippen LogP contribution < -0.4 is 10.3 Å². The SMILES string of the molecule is CC(C)(C)CC(=O)NNS(=O)(=O)CC1Cc2ccccc2C1. The van der Waals surface area contributed by atoms with Gasteiger partial charge in [0.25, 0.3) is 0 Å². The summed E-state index contributed by atoms with van der Waals surface area (Å²) in [5.74, 6) is -0.225. The van der Waals surface area contributed by atoms with Crippen LogP contribution in [0.1, 0.15) is 38.3 Å². The zero-order chi connectivity index (χ0) is 16.4. The van der Waals surface area contributed by atoms with Crippen LogP contribution in [-0.4, -0.2) is 20.1 Å². The average molecular weight is 324 g/mol. The first-order valence-corrected chi connectivity index (χ1v) is 9.15. The highest BCUT2D eigenvalue weighted by atomic mass is 32.2. The topological polar surface area (TPSA) is 75.3 Å². The van der Waals surface area contributed by atoms with E-state index in [0.717, 1.165) is 12.8 Å². The molecule has 0 saturated carbocycles. The predicted octanol–water partition coefficient (Wildman–Crippen LogP) is 1.79. The van der Waals surface area contributed by atoms with Gasteiger partial charge in [-0.1, -0.05) is 45.0 Å². The highest BCUT2D eigenvalue weighted by molar-refractivity contribution is 7.89. The third-order valence-electron chi connectivity index (χ3n) is 3.63. The van der Waals surface area contributed by atoms with Crippen molar-refractivity contribution in [2.24, 2.45) is 11.3 Å². The first kappa shape index (κ1) is 17.0. The predicted molar refractivity (Wildman–Crippen MR) is 86.5 cm³/mol. The minimum absolute atomic E-state index is 0.0253. The maximum atomic E-state index is 12.1. The zero-order valence-corrected chi connectivity index (χ0v) is 14.2. The van der Waals surface area contributed by atoms with Crippen LogP contribution in [0.25, 0.3) is 0 Å². The van der Waals surface area contributed by atoms with E-state index >= 15 is 0 Å². The van der Waals surface area contributed by atoms with Gasteiger partial charge in [0.1, 0.15) is 0 Å². The normalized spacial score (nSPS) is 15.6. The van der Waals surface area contributed by atoms with E-state index < -0.39 is 10.0 Å². The minimum atomic E-state index is -3.52. The largest absolute Gasteiger partial charge is 0.278 e. The number of hydrogen-bond acceptors (Lipinski definition) is 3. The molecular weight excluding hydrogens is 300 g/mol. The molecule has 1 amide bonds. The molecule has 2 rings (SSSR count). The van der Waals surface area contributed by atoms with Gasteiger partial charge in [0.05, 0.1) is 5.75 Å². The van der Waals surface area contributed by atoms with Gasteiger partial charge in [-0.15, -0.1) is 4.83 Å². The van der Waals surface area contributed by atoms with Crippen molar-refractivity contribution in [3.05, 3.63) is 35.4 Å². The number of benzene rings is 1. The molecule has 6 heteroatoms. The molecular formula is C16H24N2O3S. The molecule has 1 aliphatic carbocycles. The van der Waals surface area contributed by atoms with Crippen molar-refractivity contribution in [2.45, 2.75) is 40.0 Å². The molecule has 22 heavy (non-hydrogen) atoms. The van der Waals surface area contributed by atoms with Gasteiger partial charge in [0.15, 0.2) is 0 Å². The maximum Gasteiger partial charge on any atom is 0.235 e. The number of hydrazine groups is 1. The molecule has 0 radical (unpaired) electrons. The van der Waals surface area contributed by atoms with Crippen molar-refractivity contribution in [3.63, 3.8) is 0 Å². The molecule has 0 bridgehead atoms. The van der Waals surface area contributed by atoms with Gasteiger partial charge in [-0.25, -0.2) is 8.42 Å². The van der Waals surface area contributed by atoms with E-state index in [4.69, 9.17) is 0 Å². The summed E-state index contributed by atoms with van der Waals surface area (Å²) in [6.45, 7) is 5.78. The first-order valence-electron chi connectivity index (χ1n) is 7.50. The van der Waals surface area contributed by atoms with Gasteiger partial charge >= 0.3 is 0 Å². The molecule has 0 fully saturated rings. The summed E-state index contributed by atoms with van der Waals surface area (Å²) in [7, 11) is -3.52. The summed E-state index contributed by atoms with van der Waals surface area (Å²) in [6, 6.07) is 8.03. The van der Waals surface area contributed by atoms with Crippen molar-refractivity contribution in [2.75, 3.05) is 5.75 Å². The molecule has 1 aromatic rings. The molecule has 0 saturated heterocycles. The molecule has 122 valence electrons. The third kappa shape index (κ3) is 5.10. The third-order valence-corrected chi connectivity index (χ3v) is 4.95. The van der Waals surface area contributed by atoms with Crippen LogP contribution in [0.3, 0.4) is 0 Å². The number of sulfonamides is 1. The summed E-state index contributed by atoms with van der Waals surface area (Å²) in [4.78, 5) is 13.9. The van der Waals surface area contributed by atoms with Gasteiger partial charge in [-0.3, -0.25) is 10.2 Å². The molecule has 0 aromatic heterocycles. The van der Waals surface area contributed by atoms with Crippen molar-refractivity contribution >= 4 is 15.9 Å². The highest BCUT2D eigenvalue weighted by Crippen LogP contribution is 2.27. The fourth-order valence-corrected chi connectivity index (χ4v) is 3.99. The molecule has 0 unspecified atom stereocenters. The van der Waals surface area contributed by atoms with E-state index in [2.05, 4.69) is 10.3 Å². The molecule has 2 N–H and O–H groups in total. The van der Waals surface area contributed by atoms with Crippen LogP contribution in [0.2, 0.25) is 0 Å². The van der Waals surface area contributed by atoms with Gasteiger partial charge in [-0.2, -0.15) is 0 Å². The average Bonchev–Trinajstić information content (AvgIpc) is 2.75. The Hall–Kier alpha value is -1.40. The Kier molecular flexibility index (Phi) is 4.92. The Morgan fingerprint density at radius 1 is 1.18 bits per heavy atom. The molecule has 0 aliphatic heterocycles. The van der Waals surface area contributed by atoms with E-state index in [1.165, 1.54) is 11.1 Å². The Morgan fingerprint density at radius 2 is 1.73 bits per heavy atom. The zero-order valence-electron chi connectivity index (χ0n) is 13.3. The van der Waals surface area contributed by atoms with E-state index in [0.29, 0.717) is 0 Å². The summed E-state index contributed by atoms with van der Waals surface area (Å²) in [5, 5.41) is 0. The number of carbonyl (C=O) groups excluding carboxylic acids is 1. The fourth-order valence-electron chi connectivity index (χ4n) is 2.78. The minimum Gasteiger partial charge on any atom is -0.278 e. The first-order chi connectivity index (χ1) is 10.1.